The molecule has 0 atom stereocenters. The zero-order chi connectivity index (χ0) is 10.9. The first-order chi connectivity index (χ1) is 6.32. The van der Waals surface area contributed by atoms with Crippen molar-refractivity contribution in [2.45, 2.75) is 6.18 Å². The maximum absolute atomic E-state index is 12.2. The van der Waals surface area contributed by atoms with Crippen molar-refractivity contribution < 1.29 is 18.0 Å². The summed E-state index contributed by atoms with van der Waals surface area (Å²) >= 11 is 0. The number of primary amides is 1. The molecule has 4 nitrogen and oxygen atoms in total. The Bertz CT molecular complexity index is 422. The highest BCUT2D eigenvalue weighted by molar-refractivity contribution is 5.92. The second-order valence-electron chi connectivity index (χ2n) is 2.47. The number of nitrogens with two attached hydrogens (primary N) is 1. The number of alkyl halides is 3. The van der Waals surface area contributed by atoms with Crippen molar-refractivity contribution >= 4 is 5.91 Å². The molecule has 0 aliphatic rings. The van der Waals surface area contributed by atoms with Gasteiger partial charge in [0.15, 0.2) is 0 Å². The van der Waals surface area contributed by atoms with Crippen molar-refractivity contribution in [3.8, 4) is 0 Å². The molecule has 0 unspecified atom stereocenters. The van der Waals surface area contributed by atoms with Crippen LogP contribution in [0.5, 0.6) is 0 Å². The Balaban J connectivity index is 3.44. The lowest BCUT2D eigenvalue weighted by Crippen LogP contribution is -2.24. The van der Waals surface area contributed by atoms with E-state index in [-0.39, 0.29) is 0 Å². The number of hydrogen-bond acceptors (Lipinski definition) is 2. The van der Waals surface area contributed by atoms with Crippen LogP contribution < -0.4 is 11.3 Å². The zero-order valence-electron chi connectivity index (χ0n) is 6.68. The van der Waals surface area contributed by atoms with Crippen LogP contribution in [0.15, 0.2) is 16.9 Å². The Morgan fingerprint density at radius 3 is 2.36 bits per heavy atom. The van der Waals surface area contributed by atoms with E-state index in [9.17, 15) is 22.8 Å². The van der Waals surface area contributed by atoms with Gasteiger partial charge in [0, 0.05) is 6.07 Å². The van der Waals surface area contributed by atoms with Gasteiger partial charge in [0.1, 0.15) is 5.69 Å². The molecule has 0 radical (unpaired) electrons. The van der Waals surface area contributed by atoms with Crippen LogP contribution in [0.3, 0.4) is 0 Å². The summed E-state index contributed by atoms with van der Waals surface area (Å²) in [5, 5.41) is 0. The van der Waals surface area contributed by atoms with E-state index < -0.39 is 28.9 Å². The van der Waals surface area contributed by atoms with Gasteiger partial charge in [-0.2, -0.15) is 13.2 Å². The van der Waals surface area contributed by atoms with Crippen LogP contribution >= 0.6 is 0 Å². The van der Waals surface area contributed by atoms with E-state index in [4.69, 9.17) is 0 Å². The van der Waals surface area contributed by atoms with Gasteiger partial charge in [-0.05, 0) is 6.07 Å². The Morgan fingerprint density at radius 1 is 1.36 bits per heavy atom. The van der Waals surface area contributed by atoms with Gasteiger partial charge in [0.25, 0.3) is 5.91 Å². The molecule has 1 rings (SSSR count). The molecule has 0 spiro atoms. The van der Waals surface area contributed by atoms with Crippen molar-refractivity contribution in [1.82, 2.24) is 4.98 Å². The van der Waals surface area contributed by atoms with Gasteiger partial charge in [-0.25, -0.2) is 0 Å². The topological polar surface area (TPSA) is 76.0 Å². The van der Waals surface area contributed by atoms with Gasteiger partial charge in [-0.3, -0.25) is 9.59 Å². The zero-order valence-corrected chi connectivity index (χ0v) is 6.68. The molecule has 1 amide bonds. The number of nitrogens with one attached hydrogen (secondary N) is 1. The summed E-state index contributed by atoms with van der Waals surface area (Å²) in [6, 6.07) is 1.19. The fourth-order valence-electron chi connectivity index (χ4n) is 0.905. The third-order valence-electron chi connectivity index (χ3n) is 1.47. The van der Waals surface area contributed by atoms with Gasteiger partial charge in [-0.15, -0.1) is 0 Å². The molecule has 0 aromatic carbocycles. The van der Waals surface area contributed by atoms with Crippen molar-refractivity contribution in [3.63, 3.8) is 0 Å². The summed E-state index contributed by atoms with van der Waals surface area (Å²) in [6.07, 6.45) is -4.71. The van der Waals surface area contributed by atoms with Crippen LogP contribution in [0.25, 0.3) is 0 Å². The van der Waals surface area contributed by atoms with E-state index in [0.717, 1.165) is 0 Å². The number of carbonyl (C=O) groups is 1. The molecule has 1 heterocycles. The molecule has 0 saturated carbocycles. The highest BCUT2D eigenvalue weighted by atomic mass is 19.4. The minimum atomic E-state index is -4.71. The van der Waals surface area contributed by atoms with E-state index in [1.54, 1.807) is 4.98 Å². The minimum absolute atomic E-state index is 0.513. The number of carbonyl (C=O) groups excluding carboxylic acids is 1. The molecule has 0 saturated heterocycles. The predicted molar refractivity (Wildman–Crippen MR) is 40.6 cm³/mol. The fraction of sp³-hybridized carbons (Fsp3) is 0.143. The smallest absolute Gasteiger partial charge is 0.364 e. The number of rotatable bonds is 1. The number of amides is 1. The van der Waals surface area contributed by atoms with Gasteiger partial charge >= 0.3 is 6.18 Å². The maximum atomic E-state index is 12.2. The van der Waals surface area contributed by atoms with Crippen molar-refractivity contribution in [2.24, 2.45) is 5.73 Å². The van der Waals surface area contributed by atoms with Crippen LogP contribution in [-0.4, -0.2) is 10.9 Å². The average Bonchev–Trinajstić information content (AvgIpc) is 2.01. The number of aromatic nitrogens is 1. The average molecular weight is 206 g/mol. The molecule has 0 bridgehead atoms. The van der Waals surface area contributed by atoms with Gasteiger partial charge in [-0.1, -0.05) is 0 Å². The summed E-state index contributed by atoms with van der Waals surface area (Å²) in [5.74, 6) is -1.32. The van der Waals surface area contributed by atoms with Gasteiger partial charge < -0.3 is 10.7 Å². The summed E-state index contributed by atoms with van der Waals surface area (Å²) in [6.45, 7) is 0. The Labute approximate surface area is 75.5 Å². The molecule has 1 aromatic rings. The second kappa shape index (κ2) is 3.17. The summed E-state index contributed by atoms with van der Waals surface area (Å²) in [4.78, 5) is 22.9. The van der Waals surface area contributed by atoms with Crippen LogP contribution in [0.4, 0.5) is 13.2 Å². The largest absolute Gasteiger partial charge is 0.418 e. The minimum Gasteiger partial charge on any atom is -0.364 e. The summed E-state index contributed by atoms with van der Waals surface area (Å²) in [7, 11) is 0. The third-order valence-corrected chi connectivity index (χ3v) is 1.47. The number of hydrogen-bond donors (Lipinski definition) is 2. The monoisotopic (exact) mass is 206 g/mol. The lowest BCUT2D eigenvalue weighted by atomic mass is 10.2. The van der Waals surface area contributed by atoms with Gasteiger partial charge in [0.05, 0.1) is 5.56 Å². The first-order valence-corrected chi connectivity index (χ1v) is 3.42. The number of halogens is 3. The molecule has 0 fully saturated rings. The molecule has 76 valence electrons. The number of H-pyrrole nitrogens is 1. The molecule has 7 heteroatoms. The van der Waals surface area contributed by atoms with Crippen LogP contribution in [-0.2, 0) is 6.18 Å². The Hall–Kier alpha value is -1.79. The molecule has 14 heavy (non-hydrogen) atoms. The molecule has 0 aliphatic carbocycles. The lowest BCUT2D eigenvalue weighted by Gasteiger charge is -2.08. The normalized spacial score (nSPS) is 11.4. The second-order valence-corrected chi connectivity index (χ2v) is 2.47. The van der Waals surface area contributed by atoms with E-state index >= 15 is 0 Å². The van der Waals surface area contributed by atoms with E-state index in [1.165, 1.54) is 0 Å². The van der Waals surface area contributed by atoms with E-state index in [1.807, 2.05) is 0 Å². The Morgan fingerprint density at radius 2 is 1.93 bits per heavy atom. The summed E-state index contributed by atoms with van der Waals surface area (Å²) < 4.78 is 36.6. The van der Waals surface area contributed by atoms with Crippen molar-refractivity contribution in [2.75, 3.05) is 0 Å². The van der Waals surface area contributed by atoms with Crippen LogP contribution in [0.2, 0.25) is 0 Å². The first-order valence-electron chi connectivity index (χ1n) is 3.42. The summed E-state index contributed by atoms with van der Waals surface area (Å²) in [5.41, 5.74) is 1.69. The molecular weight excluding hydrogens is 201 g/mol. The molecule has 1 aromatic heterocycles. The van der Waals surface area contributed by atoms with Crippen molar-refractivity contribution in [1.29, 1.82) is 0 Å². The molecule has 3 N–H and O–H groups in total. The molecular formula is C7H5F3N2O2. The highest BCUT2D eigenvalue weighted by Crippen LogP contribution is 2.30. The molecule has 0 aliphatic heterocycles. The number of aromatic amines is 1. The standard InChI is InChI=1S/C7H5F3N2O2/c8-7(9,10)3-1-2-4(13)12-5(3)6(11)14/h1-2H,(H2,11,14)(H,12,13). The fourth-order valence-corrected chi connectivity index (χ4v) is 0.905. The predicted octanol–water partition coefficient (Wildman–Crippen LogP) is 0.493. The van der Waals surface area contributed by atoms with Gasteiger partial charge in [0.2, 0.25) is 5.56 Å². The van der Waals surface area contributed by atoms with Crippen LogP contribution in [0, 0.1) is 0 Å². The Kier molecular flexibility index (Phi) is 2.33. The first kappa shape index (κ1) is 10.3. The quantitative estimate of drug-likeness (QED) is 0.701. The van der Waals surface area contributed by atoms with Crippen LogP contribution in [0.1, 0.15) is 16.1 Å². The van der Waals surface area contributed by atoms with E-state index in [2.05, 4.69) is 5.73 Å². The lowest BCUT2D eigenvalue weighted by molar-refractivity contribution is -0.138. The SMILES string of the molecule is NC(=O)c1[nH]c(=O)ccc1C(F)(F)F. The van der Waals surface area contributed by atoms with E-state index in [0.29, 0.717) is 12.1 Å². The highest BCUT2D eigenvalue weighted by Gasteiger charge is 2.35. The number of pyridine rings is 1. The maximum Gasteiger partial charge on any atom is 0.418 e. The third kappa shape index (κ3) is 1.93. The van der Waals surface area contributed by atoms with Crippen molar-refractivity contribution in [3.05, 3.63) is 33.7 Å².